The Labute approximate surface area is 142 Å². The van der Waals surface area contributed by atoms with Crippen molar-refractivity contribution in [3.63, 3.8) is 0 Å². The van der Waals surface area contributed by atoms with Gasteiger partial charge in [0.05, 0.1) is 31.3 Å². The average Bonchev–Trinajstić information content (AvgIpc) is 2.81. The van der Waals surface area contributed by atoms with Gasteiger partial charge < -0.3 is 9.84 Å². The van der Waals surface area contributed by atoms with Gasteiger partial charge >= 0.3 is 0 Å². The van der Waals surface area contributed by atoms with E-state index >= 15 is 0 Å². The second kappa shape index (κ2) is 7.45. The summed E-state index contributed by atoms with van der Waals surface area (Å²) in [6.45, 7) is 0.552. The monoisotopic (exact) mass is 331 g/mol. The standard InChI is InChI=1S/C19H25NO4/c21-16(14-24-13-15-7-3-1-4-8-15)12-20-17(22)11-19(18(20)23)9-5-2-6-10-19/h1,3-4,7-8,16,21H,2,5-6,9-14H2/t16-/m1/s1. The van der Waals surface area contributed by atoms with Crippen LogP contribution in [-0.2, 0) is 20.9 Å². The van der Waals surface area contributed by atoms with Gasteiger partial charge in [0, 0.05) is 6.42 Å². The molecule has 0 radical (unpaired) electrons. The lowest BCUT2D eigenvalue weighted by molar-refractivity contribution is -0.144. The Morgan fingerprint density at radius 3 is 2.54 bits per heavy atom. The maximum absolute atomic E-state index is 12.7. The molecule has 1 atom stereocenters. The Kier molecular flexibility index (Phi) is 5.31. The van der Waals surface area contributed by atoms with Crippen LogP contribution in [0.2, 0.25) is 0 Å². The lowest BCUT2D eigenvalue weighted by Gasteiger charge is -2.30. The van der Waals surface area contributed by atoms with Crippen molar-refractivity contribution < 1.29 is 19.4 Å². The summed E-state index contributed by atoms with van der Waals surface area (Å²) in [5.41, 5.74) is 0.541. The van der Waals surface area contributed by atoms with Gasteiger partial charge in [-0.2, -0.15) is 0 Å². The third kappa shape index (κ3) is 3.68. The number of hydrogen-bond donors (Lipinski definition) is 1. The smallest absolute Gasteiger partial charge is 0.235 e. The van der Waals surface area contributed by atoms with Crippen molar-refractivity contribution in [3.8, 4) is 0 Å². The summed E-state index contributed by atoms with van der Waals surface area (Å²) >= 11 is 0. The molecule has 2 fully saturated rings. The van der Waals surface area contributed by atoms with Crippen molar-refractivity contribution in [3.05, 3.63) is 35.9 Å². The van der Waals surface area contributed by atoms with Gasteiger partial charge in [-0.15, -0.1) is 0 Å². The van der Waals surface area contributed by atoms with Crippen molar-refractivity contribution in [2.75, 3.05) is 13.2 Å². The molecule has 1 heterocycles. The Morgan fingerprint density at radius 1 is 1.12 bits per heavy atom. The van der Waals surface area contributed by atoms with E-state index in [-0.39, 0.29) is 25.0 Å². The van der Waals surface area contributed by atoms with Gasteiger partial charge in [-0.05, 0) is 18.4 Å². The quantitative estimate of drug-likeness (QED) is 0.812. The number of β-amino-alcohol motifs (C(OH)–C–C–N with tert-alkyl or cyclic N) is 1. The molecule has 1 N–H and O–H groups in total. The van der Waals surface area contributed by atoms with Gasteiger partial charge in [0.2, 0.25) is 11.8 Å². The Bertz CT molecular complexity index is 580. The zero-order valence-corrected chi connectivity index (χ0v) is 13.9. The lowest BCUT2D eigenvalue weighted by atomic mass is 9.73. The second-order valence-corrected chi connectivity index (χ2v) is 6.98. The molecular formula is C19H25NO4. The fourth-order valence-corrected chi connectivity index (χ4v) is 3.81. The molecule has 130 valence electrons. The predicted molar refractivity (Wildman–Crippen MR) is 89.0 cm³/mol. The van der Waals surface area contributed by atoms with Crippen LogP contribution in [0.4, 0.5) is 0 Å². The largest absolute Gasteiger partial charge is 0.389 e. The highest BCUT2D eigenvalue weighted by Crippen LogP contribution is 2.45. The van der Waals surface area contributed by atoms with E-state index in [1.807, 2.05) is 30.3 Å². The van der Waals surface area contributed by atoms with Crippen LogP contribution >= 0.6 is 0 Å². The molecule has 2 aliphatic rings. The highest BCUT2D eigenvalue weighted by atomic mass is 16.5. The first kappa shape index (κ1) is 17.1. The molecule has 5 heteroatoms. The topological polar surface area (TPSA) is 66.8 Å². The first-order chi connectivity index (χ1) is 11.6. The molecule has 3 rings (SSSR count). The number of amides is 2. The van der Waals surface area contributed by atoms with E-state index in [0.29, 0.717) is 13.0 Å². The molecule has 0 unspecified atom stereocenters. The number of carbonyl (C=O) groups is 2. The first-order valence-electron chi connectivity index (χ1n) is 8.75. The lowest BCUT2D eigenvalue weighted by Crippen LogP contribution is -2.42. The van der Waals surface area contributed by atoms with Crippen LogP contribution in [0.3, 0.4) is 0 Å². The molecule has 2 amide bonds. The van der Waals surface area contributed by atoms with E-state index in [9.17, 15) is 14.7 Å². The highest BCUT2D eigenvalue weighted by Gasteiger charge is 2.51. The van der Waals surface area contributed by atoms with Crippen LogP contribution in [0, 0.1) is 5.41 Å². The van der Waals surface area contributed by atoms with Crippen molar-refractivity contribution in [2.24, 2.45) is 5.41 Å². The van der Waals surface area contributed by atoms with E-state index < -0.39 is 11.5 Å². The number of imide groups is 1. The zero-order valence-electron chi connectivity index (χ0n) is 13.9. The van der Waals surface area contributed by atoms with E-state index in [4.69, 9.17) is 4.74 Å². The molecule has 5 nitrogen and oxygen atoms in total. The number of rotatable bonds is 6. The van der Waals surface area contributed by atoms with Crippen LogP contribution < -0.4 is 0 Å². The molecule has 1 aromatic carbocycles. The molecule has 0 aromatic heterocycles. The van der Waals surface area contributed by atoms with Gasteiger partial charge in [-0.3, -0.25) is 14.5 Å². The molecule has 0 bridgehead atoms. The van der Waals surface area contributed by atoms with Crippen molar-refractivity contribution in [1.82, 2.24) is 4.90 Å². The highest BCUT2D eigenvalue weighted by molar-refractivity contribution is 6.05. The SMILES string of the molecule is O=C1CC2(CCCCC2)C(=O)N1C[C@@H](O)COCc1ccccc1. The van der Waals surface area contributed by atoms with Crippen LogP contribution in [-0.4, -0.2) is 41.1 Å². The Morgan fingerprint density at radius 2 is 1.83 bits per heavy atom. The maximum Gasteiger partial charge on any atom is 0.235 e. The molecule has 1 saturated carbocycles. The molecule has 1 saturated heterocycles. The summed E-state index contributed by atoms with van der Waals surface area (Å²) in [4.78, 5) is 26.2. The van der Waals surface area contributed by atoms with Gasteiger partial charge in [0.25, 0.3) is 0 Å². The van der Waals surface area contributed by atoms with E-state index in [1.54, 1.807) is 0 Å². The number of benzene rings is 1. The Hall–Kier alpha value is -1.72. The Balaban J connectivity index is 1.49. The molecule has 1 spiro atoms. The van der Waals surface area contributed by atoms with Gasteiger partial charge in [0.15, 0.2) is 0 Å². The number of nitrogens with zero attached hydrogens (tertiary/aromatic N) is 1. The summed E-state index contributed by atoms with van der Waals surface area (Å²) in [5.74, 6) is -0.238. The van der Waals surface area contributed by atoms with Crippen molar-refractivity contribution >= 4 is 11.8 Å². The number of carbonyl (C=O) groups excluding carboxylic acids is 2. The van der Waals surface area contributed by atoms with Gasteiger partial charge in [0.1, 0.15) is 0 Å². The van der Waals surface area contributed by atoms with Gasteiger partial charge in [-0.1, -0.05) is 49.6 Å². The number of ether oxygens (including phenoxy) is 1. The molecule has 1 aliphatic carbocycles. The van der Waals surface area contributed by atoms with Crippen LogP contribution in [0.25, 0.3) is 0 Å². The number of hydrogen-bond acceptors (Lipinski definition) is 4. The number of aliphatic hydroxyl groups excluding tert-OH is 1. The minimum atomic E-state index is -0.847. The summed E-state index contributed by atoms with van der Waals surface area (Å²) in [6, 6.07) is 9.70. The third-order valence-corrected chi connectivity index (χ3v) is 5.12. The summed E-state index contributed by atoms with van der Waals surface area (Å²) in [6.07, 6.45) is 4.22. The fourth-order valence-electron chi connectivity index (χ4n) is 3.81. The minimum absolute atomic E-state index is 0.0359. The normalized spacial score (nSPS) is 21.5. The maximum atomic E-state index is 12.7. The molecule has 24 heavy (non-hydrogen) atoms. The second-order valence-electron chi connectivity index (χ2n) is 6.98. The summed E-state index contributed by atoms with van der Waals surface area (Å²) < 4.78 is 5.50. The summed E-state index contributed by atoms with van der Waals surface area (Å²) in [5, 5.41) is 10.1. The number of likely N-dealkylation sites (tertiary alicyclic amines) is 1. The summed E-state index contributed by atoms with van der Waals surface area (Å²) in [7, 11) is 0. The first-order valence-corrected chi connectivity index (χ1v) is 8.75. The van der Waals surface area contributed by atoms with Crippen LogP contribution in [0.5, 0.6) is 0 Å². The van der Waals surface area contributed by atoms with E-state index in [1.165, 1.54) is 4.90 Å². The predicted octanol–water partition coefficient (Wildman–Crippen LogP) is 2.27. The molecular weight excluding hydrogens is 306 g/mol. The molecule has 1 aromatic rings. The van der Waals surface area contributed by atoms with Gasteiger partial charge in [-0.25, -0.2) is 0 Å². The fraction of sp³-hybridized carbons (Fsp3) is 0.579. The van der Waals surface area contributed by atoms with Crippen molar-refractivity contribution in [2.45, 2.75) is 51.2 Å². The molecule has 1 aliphatic heterocycles. The average molecular weight is 331 g/mol. The minimum Gasteiger partial charge on any atom is -0.389 e. The van der Waals surface area contributed by atoms with Crippen LogP contribution in [0.15, 0.2) is 30.3 Å². The van der Waals surface area contributed by atoms with Crippen molar-refractivity contribution in [1.29, 1.82) is 0 Å². The zero-order chi connectivity index (χ0) is 17.0. The van der Waals surface area contributed by atoms with E-state index in [0.717, 1.165) is 37.7 Å². The van der Waals surface area contributed by atoms with E-state index in [2.05, 4.69) is 0 Å². The number of aliphatic hydroxyl groups is 1. The van der Waals surface area contributed by atoms with Crippen LogP contribution in [0.1, 0.15) is 44.1 Å². The third-order valence-electron chi connectivity index (χ3n) is 5.12.